The first-order valence-electron chi connectivity index (χ1n) is 8.03. The Morgan fingerprint density at radius 2 is 2.00 bits per heavy atom. The van der Waals surface area contributed by atoms with E-state index in [9.17, 15) is 4.79 Å². The predicted octanol–water partition coefficient (Wildman–Crippen LogP) is 2.72. The average Bonchev–Trinajstić information content (AvgIpc) is 3.06. The van der Waals surface area contributed by atoms with Crippen LogP contribution in [0.3, 0.4) is 0 Å². The Balaban J connectivity index is 1.40. The molecule has 5 heteroatoms. The Labute approximate surface area is 141 Å². The van der Waals surface area contributed by atoms with Crippen molar-refractivity contribution in [2.75, 3.05) is 20.4 Å². The van der Waals surface area contributed by atoms with Gasteiger partial charge in [-0.15, -0.1) is 0 Å². The Hall–Kier alpha value is -2.69. The molecule has 0 aliphatic carbocycles. The number of nitrogens with one attached hydrogen (secondary N) is 1. The zero-order chi connectivity index (χ0) is 16.8. The van der Waals surface area contributed by atoms with Gasteiger partial charge < -0.3 is 19.5 Å². The van der Waals surface area contributed by atoms with E-state index >= 15 is 0 Å². The maximum Gasteiger partial charge on any atom is 0.231 e. The van der Waals surface area contributed by atoms with Crippen molar-refractivity contribution in [1.82, 2.24) is 5.32 Å². The first-order valence-corrected chi connectivity index (χ1v) is 8.03. The largest absolute Gasteiger partial charge is 0.497 e. The van der Waals surface area contributed by atoms with E-state index in [4.69, 9.17) is 14.2 Å². The summed E-state index contributed by atoms with van der Waals surface area (Å²) in [5.74, 6) is 2.39. The third-order valence-electron chi connectivity index (χ3n) is 3.90. The molecule has 0 spiro atoms. The van der Waals surface area contributed by atoms with Crippen LogP contribution in [-0.2, 0) is 17.6 Å². The molecule has 1 N–H and O–H groups in total. The molecule has 0 bridgehead atoms. The van der Waals surface area contributed by atoms with Gasteiger partial charge in [-0.1, -0.05) is 18.2 Å². The van der Waals surface area contributed by atoms with Crippen LogP contribution in [0, 0.1) is 0 Å². The van der Waals surface area contributed by atoms with Crippen LogP contribution in [0.2, 0.25) is 0 Å². The number of fused-ring (bicyclic) bond motifs is 1. The molecule has 3 rings (SSSR count). The van der Waals surface area contributed by atoms with Gasteiger partial charge in [0.25, 0.3) is 0 Å². The Morgan fingerprint density at radius 1 is 1.12 bits per heavy atom. The second-order valence-electron chi connectivity index (χ2n) is 5.67. The van der Waals surface area contributed by atoms with Crippen LogP contribution in [0.4, 0.5) is 0 Å². The summed E-state index contributed by atoms with van der Waals surface area (Å²) < 4.78 is 15.8. The van der Waals surface area contributed by atoms with Gasteiger partial charge in [0.1, 0.15) is 5.75 Å². The molecule has 0 unspecified atom stereocenters. The summed E-state index contributed by atoms with van der Waals surface area (Å²) in [5, 5.41) is 2.96. The van der Waals surface area contributed by atoms with E-state index in [1.807, 2.05) is 42.5 Å². The summed E-state index contributed by atoms with van der Waals surface area (Å²) in [5.41, 5.74) is 2.13. The molecule has 1 aliphatic heterocycles. The van der Waals surface area contributed by atoms with Gasteiger partial charge in [-0.2, -0.15) is 0 Å². The van der Waals surface area contributed by atoms with Gasteiger partial charge in [-0.25, -0.2) is 0 Å². The summed E-state index contributed by atoms with van der Waals surface area (Å²) in [6, 6.07) is 13.5. The molecular weight excluding hydrogens is 306 g/mol. The van der Waals surface area contributed by atoms with E-state index in [0.717, 1.165) is 35.7 Å². The summed E-state index contributed by atoms with van der Waals surface area (Å²) in [4.78, 5) is 12.0. The second-order valence-corrected chi connectivity index (χ2v) is 5.67. The molecule has 1 aliphatic rings. The minimum absolute atomic E-state index is 0.0222. The Bertz CT molecular complexity index is 714. The van der Waals surface area contributed by atoms with Gasteiger partial charge in [0.2, 0.25) is 12.7 Å². The van der Waals surface area contributed by atoms with Gasteiger partial charge >= 0.3 is 0 Å². The van der Waals surface area contributed by atoms with Crippen LogP contribution in [0.1, 0.15) is 17.5 Å². The molecule has 0 saturated carbocycles. The number of ether oxygens (including phenoxy) is 3. The van der Waals surface area contributed by atoms with Crippen LogP contribution < -0.4 is 19.5 Å². The zero-order valence-electron chi connectivity index (χ0n) is 13.7. The molecule has 0 saturated heterocycles. The predicted molar refractivity (Wildman–Crippen MR) is 90.6 cm³/mol. The fraction of sp³-hybridized carbons (Fsp3) is 0.316. The van der Waals surface area contributed by atoms with Crippen LogP contribution in [0.5, 0.6) is 17.2 Å². The van der Waals surface area contributed by atoms with Gasteiger partial charge in [-0.05, 0) is 48.2 Å². The van der Waals surface area contributed by atoms with Crippen molar-refractivity contribution in [2.24, 2.45) is 0 Å². The maximum atomic E-state index is 12.0. The van der Waals surface area contributed by atoms with Crippen molar-refractivity contribution >= 4 is 5.91 Å². The number of carbonyl (C=O) groups excluding carboxylic acids is 1. The van der Waals surface area contributed by atoms with Gasteiger partial charge in [0.05, 0.1) is 13.5 Å². The lowest BCUT2D eigenvalue weighted by molar-refractivity contribution is -0.120. The number of amides is 1. The highest BCUT2D eigenvalue weighted by atomic mass is 16.7. The maximum absolute atomic E-state index is 12.0. The molecule has 1 amide bonds. The number of carbonyl (C=O) groups is 1. The summed E-state index contributed by atoms with van der Waals surface area (Å²) in [6.07, 6.45) is 2.13. The molecule has 24 heavy (non-hydrogen) atoms. The van der Waals surface area contributed by atoms with Crippen molar-refractivity contribution in [3.05, 3.63) is 53.6 Å². The Kier molecular flexibility index (Phi) is 5.21. The minimum Gasteiger partial charge on any atom is -0.497 e. The molecule has 0 atom stereocenters. The monoisotopic (exact) mass is 327 g/mol. The molecule has 2 aromatic rings. The van der Waals surface area contributed by atoms with E-state index in [-0.39, 0.29) is 5.91 Å². The lowest BCUT2D eigenvalue weighted by Gasteiger charge is -2.07. The molecule has 0 radical (unpaired) electrons. The molecule has 5 nitrogen and oxygen atoms in total. The molecule has 0 fully saturated rings. The average molecular weight is 327 g/mol. The fourth-order valence-corrected chi connectivity index (χ4v) is 2.65. The van der Waals surface area contributed by atoms with Crippen LogP contribution in [0.25, 0.3) is 0 Å². The van der Waals surface area contributed by atoms with Gasteiger partial charge in [0.15, 0.2) is 11.5 Å². The highest BCUT2D eigenvalue weighted by Crippen LogP contribution is 2.32. The summed E-state index contributed by atoms with van der Waals surface area (Å²) >= 11 is 0. The topological polar surface area (TPSA) is 56.8 Å². The first-order chi connectivity index (χ1) is 11.7. The van der Waals surface area contributed by atoms with E-state index in [0.29, 0.717) is 19.8 Å². The van der Waals surface area contributed by atoms with Crippen molar-refractivity contribution in [3.63, 3.8) is 0 Å². The zero-order valence-corrected chi connectivity index (χ0v) is 13.7. The second kappa shape index (κ2) is 7.73. The van der Waals surface area contributed by atoms with E-state index in [1.165, 1.54) is 5.56 Å². The number of methoxy groups -OCH3 is 1. The molecule has 1 heterocycles. The number of benzene rings is 2. The Morgan fingerprint density at radius 3 is 2.88 bits per heavy atom. The first kappa shape index (κ1) is 16.2. The molecular formula is C19H21NO4. The third kappa shape index (κ3) is 4.19. The molecule has 0 aromatic heterocycles. The lowest BCUT2D eigenvalue weighted by Crippen LogP contribution is -2.26. The molecule has 126 valence electrons. The van der Waals surface area contributed by atoms with Crippen molar-refractivity contribution in [2.45, 2.75) is 19.3 Å². The third-order valence-corrected chi connectivity index (χ3v) is 3.90. The van der Waals surface area contributed by atoms with E-state index < -0.39 is 0 Å². The highest BCUT2D eigenvalue weighted by molar-refractivity contribution is 5.78. The number of hydrogen-bond acceptors (Lipinski definition) is 4. The number of aryl methyl sites for hydroxylation is 1. The fourth-order valence-electron chi connectivity index (χ4n) is 2.65. The smallest absolute Gasteiger partial charge is 0.231 e. The van der Waals surface area contributed by atoms with Crippen molar-refractivity contribution < 1.29 is 19.0 Å². The van der Waals surface area contributed by atoms with Crippen molar-refractivity contribution in [1.29, 1.82) is 0 Å². The van der Waals surface area contributed by atoms with Gasteiger partial charge in [0, 0.05) is 6.54 Å². The van der Waals surface area contributed by atoms with E-state index in [2.05, 4.69) is 5.32 Å². The van der Waals surface area contributed by atoms with Crippen LogP contribution in [-0.4, -0.2) is 26.4 Å². The highest BCUT2D eigenvalue weighted by Gasteiger charge is 2.12. The standard InChI is InChI=1S/C19H21NO4/c1-22-16-6-2-4-15(10-16)12-19(21)20-9-3-5-14-7-8-17-18(11-14)24-13-23-17/h2,4,6-8,10-11H,3,5,9,12-13H2,1H3,(H,20,21). The van der Waals surface area contributed by atoms with Gasteiger partial charge in [-0.3, -0.25) is 4.79 Å². The number of hydrogen-bond donors (Lipinski definition) is 1. The molecule has 2 aromatic carbocycles. The minimum atomic E-state index is 0.0222. The lowest BCUT2D eigenvalue weighted by atomic mass is 10.1. The van der Waals surface area contributed by atoms with Crippen molar-refractivity contribution in [3.8, 4) is 17.2 Å². The van der Waals surface area contributed by atoms with Crippen LogP contribution in [0.15, 0.2) is 42.5 Å². The quantitative estimate of drug-likeness (QED) is 0.795. The van der Waals surface area contributed by atoms with Crippen LogP contribution >= 0.6 is 0 Å². The number of rotatable bonds is 7. The normalized spacial score (nSPS) is 12.0. The summed E-state index contributed by atoms with van der Waals surface area (Å²) in [7, 11) is 1.62. The SMILES string of the molecule is COc1cccc(CC(=O)NCCCc2ccc3c(c2)OCO3)c1. The van der Waals surface area contributed by atoms with E-state index in [1.54, 1.807) is 7.11 Å². The summed E-state index contributed by atoms with van der Waals surface area (Å²) in [6.45, 7) is 0.941.